The average molecular weight is 283 g/mol. The van der Waals surface area contributed by atoms with Crippen molar-refractivity contribution in [2.45, 2.75) is 50.7 Å². The first-order valence-electron chi connectivity index (χ1n) is 7.36. The highest BCUT2D eigenvalue weighted by atomic mass is 19.4. The lowest BCUT2D eigenvalue weighted by atomic mass is 9.65. The smallest absolute Gasteiger partial charge is 0.313 e. The molecule has 2 fully saturated rings. The lowest BCUT2D eigenvalue weighted by Gasteiger charge is -2.42. The summed E-state index contributed by atoms with van der Waals surface area (Å²) in [6.07, 6.45) is 2.47. The number of hydrogen-bond donors (Lipinski definition) is 1. The maximum atomic E-state index is 12.7. The minimum atomic E-state index is -4.24. The van der Waals surface area contributed by atoms with Crippen molar-refractivity contribution in [2.24, 2.45) is 5.41 Å². The highest BCUT2D eigenvalue weighted by Gasteiger charge is 2.38. The standard InChI is InChI=1S/C16H20F3N/c17-16(18,19)13-4-1-3-12(9-13)10-15(7-2-8-15)11-20-14-5-6-14/h1,3-4,9,14,20H,2,5-8,10-11H2. The molecule has 0 amide bonds. The highest BCUT2D eigenvalue weighted by Crippen LogP contribution is 2.44. The second-order valence-corrected chi connectivity index (χ2v) is 6.38. The molecule has 1 aromatic carbocycles. The summed E-state index contributed by atoms with van der Waals surface area (Å²) >= 11 is 0. The number of hydrogen-bond acceptors (Lipinski definition) is 1. The minimum Gasteiger partial charge on any atom is -0.313 e. The molecule has 0 aromatic heterocycles. The molecule has 2 aliphatic carbocycles. The Morgan fingerprint density at radius 2 is 1.95 bits per heavy atom. The Morgan fingerprint density at radius 3 is 2.50 bits per heavy atom. The third-order valence-electron chi connectivity index (χ3n) is 4.59. The predicted molar refractivity (Wildman–Crippen MR) is 72.5 cm³/mol. The zero-order chi connectivity index (χ0) is 14.2. The molecule has 1 aromatic rings. The van der Waals surface area contributed by atoms with Crippen LogP contribution in [0.3, 0.4) is 0 Å². The van der Waals surface area contributed by atoms with Gasteiger partial charge in [0.15, 0.2) is 0 Å². The van der Waals surface area contributed by atoms with E-state index in [0.717, 1.165) is 37.4 Å². The van der Waals surface area contributed by atoms with Crippen LogP contribution in [0.25, 0.3) is 0 Å². The van der Waals surface area contributed by atoms with Crippen molar-refractivity contribution in [2.75, 3.05) is 6.54 Å². The Morgan fingerprint density at radius 1 is 1.20 bits per heavy atom. The van der Waals surface area contributed by atoms with Crippen LogP contribution in [0.5, 0.6) is 0 Å². The van der Waals surface area contributed by atoms with Gasteiger partial charge in [-0.05, 0) is 49.1 Å². The number of rotatable bonds is 5. The van der Waals surface area contributed by atoms with Crippen molar-refractivity contribution in [3.63, 3.8) is 0 Å². The van der Waals surface area contributed by atoms with Gasteiger partial charge < -0.3 is 5.32 Å². The maximum absolute atomic E-state index is 12.7. The number of halogens is 3. The van der Waals surface area contributed by atoms with Gasteiger partial charge in [0.25, 0.3) is 0 Å². The quantitative estimate of drug-likeness (QED) is 0.855. The van der Waals surface area contributed by atoms with E-state index >= 15 is 0 Å². The molecule has 0 aliphatic heterocycles. The second kappa shape index (κ2) is 5.06. The number of nitrogens with one attached hydrogen (secondary N) is 1. The van der Waals surface area contributed by atoms with Gasteiger partial charge in [-0.15, -0.1) is 0 Å². The zero-order valence-electron chi connectivity index (χ0n) is 11.5. The molecule has 1 N–H and O–H groups in total. The molecule has 0 radical (unpaired) electrons. The van der Waals surface area contributed by atoms with Gasteiger partial charge >= 0.3 is 6.18 Å². The summed E-state index contributed by atoms with van der Waals surface area (Å²) in [6, 6.07) is 6.48. The Hall–Kier alpha value is -1.03. The van der Waals surface area contributed by atoms with E-state index in [1.54, 1.807) is 0 Å². The SMILES string of the molecule is FC(F)(F)c1cccc(CC2(CNC3CC3)CCC2)c1. The van der Waals surface area contributed by atoms with E-state index in [0.29, 0.717) is 6.04 Å². The van der Waals surface area contributed by atoms with Crippen molar-refractivity contribution in [3.8, 4) is 0 Å². The topological polar surface area (TPSA) is 12.0 Å². The first-order chi connectivity index (χ1) is 9.47. The van der Waals surface area contributed by atoms with E-state index in [-0.39, 0.29) is 5.41 Å². The largest absolute Gasteiger partial charge is 0.416 e. The van der Waals surface area contributed by atoms with Crippen LogP contribution in [0, 0.1) is 5.41 Å². The summed E-state index contributed by atoms with van der Waals surface area (Å²) in [6.45, 7) is 0.952. The molecule has 2 saturated carbocycles. The van der Waals surface area contributed by atoms with Crippen LogP contribution < -0.4 is 5.32 Å². The normalized spacial score (nSPS) is 21.6. The van der Waals surface area contributed by atoms with Gasteiger partial charge in [0.05, 0.1) is 5.56 Å². The summed E-state index contributed by atoms with van der Waals surface area (Å²) in [5.74, 6) is 0. The Balaban J connectivity index is 1.68. The van der Waals surface area contributed by atoms with E-state index in [1.807, 2.05) is 6.07 Å². The van der Waals surface area contributed by atoms with Crippen molar-refractivity contribution >= 4 is 0 Å². The summed E-state index contributed by atoms with van der Waals surface area (Å²) in [5, 5.41) is 3.54. The molecule has 0 heterocycles. The van der Waals surface area contributed by atoms with Gasteiger partial charge in [-0.25, -0.2) is 0 Å². The van der Waals surface area contributed by atoms with E-state index in [1.165, 1.54) is 31.4 Å². The van der Waals surface area contributed by atoms with E-state index in [2.05, 4.69) is 5.32 Å². The first kappa shape index (κ1) is 13.9. The fourth-order valence-electron chi connectivity index (χ4n) is 3.03. The second-order valence-electron chi connectivity index (χ2n) is 6.38. The average Bonchev–Trinajstić information content (AvgIpc) is 3.16. The van der Waals surface area contributed by atoms with Gasteiger partial charge in [0.2, 0.25) is 0 Å². The summed E-state index contributed by atoms with van der Waals surface area (Å²) < 4.78 is 38.2. The van der Waals surface area contributed by atoms with Gasteiger partial charge in [-0.1, -0.05) is 24.6 Å². The van der Waals surface area contributed by atoms with Crippen LogP contribution in [-0.4, -0.2) is 12.6 Å². The van der Waals surface area contributed by atoms with Crippen LogP contribution in [0.2, 0.25) is 0 Å². The molecule has 20 heavy (non-hydrogen) atoms. The van der Waals surface area contributed by atoms with Crippen molar-refractivity contribution < 1.29 is 13.2 Å². The van der Waals surface area contributed by atoms with Crippen LogP contribution in [-0.2, 0) is 12.6 Å². The minimum absolute atomic E-state index is 0.187. The van der Waals surface area contributed by atoms with Gasteiger partial charge in [0, 0.05) is 12.6 Å². The fraction of sp³-hybridized carbons (Fsp3) is 0.625. The molecule has 2 aliphatic rings. The molecule has 3 rings (SSSR count). The molecule has 0 saturated heterocycles. The maximum Gasteiger partial charge on any atom is 0.416 e. The summed E-state index contributed by atoms with van der Waals surface area (Å²) in [7, 11) is 0. The molecule has 0 atom stereocenters. The Kier molecular flexibility index (Phi) is 3.53. The molecule has 4 heteroatoms. The predicted octanol–water partition coefficient (Wildman–Crippen LogP) is 4.17. The van der Waals surface area contributed by atoms with Crippen molar-refractivity contribution in [1.29, 1.82) is 0 Å². The molecule has 110 valence electrons. The molecule has 0 unspecified atom stereocenters. The first-order valence-corrected chi connectivity index (χ1v) is 7.36. The lowest BCUT2D eigenvalue weighted by molar-refractivity contribution is -0.137. The van der Waals surface area contributed by atoms with Crippen molar-refractivity contribution in [3.05, 3.63) is 35.4 Å². The Labute approximate surface area is 117 Å². The third-order valence-corrected chi connectivity index (χ3v) is 4.59. The van der Waals surface area contributed by atoms with Crippen LogP contribution in [0.4, 0.5) is 13.2 Å². The molecule has 0 spiro atoms. The van der Waals surface area contributed by atoms with Crippen molar-refractivity contribution in [1.82, 2.24) is 5.32 Å². The van der Waals surface area contributed by atoms with Crippen LogP contribution in [0.1, 0.15) is 43.2 Å². The number of benzene rings is 1. The molecule has 0 bridgehead atoms. The Bertz CT molecular complexity index is 473. The summed E-state index contributed by atoms with van der Waals surface area (Å²) in [4.78, 5) is 0. The van der Waals surface area contributed by atoms with Gasteiger partial charge in [-0.3, -0.25) is 0 Å². The fourth-order valence-corrected chi connectivity index (χ4v) is 3.03. The molecular formula is C16H20F3N. The van der Waals surface area contributed by atoms with E-state index < -0.39 is 11.7 Å². The molecular weight excluding hydrogens is 263 g/mol. The van der Waals surface area contributed by atoms with E-state index in [4.69, 9.17) is 0 Å². The van der Waals surface area contributed by atoms with Crippen LogP contribution >= 0.6 is 0 Å². The number of alkyl halides is 3. The van der Waals surface area contributed by atoms with Crippen LogP contribution in [0.15, 0.2) is 24.3 Å². The monoisotopic (exact) mass is 283 g/mol. The summed E-state index contributed by atoms with van der Waals surface area (Å²) in [5.41, 5.74) is 0.476. The molecule has 1 nitrogen and oxygen atoms in total. The van der Waals surface area contributed by atoms with Gasteiger partial charge in [0.1, 0.15) is 0 Å². The van der Waals surface area contributed by atoms with E-state index in [9.17, 15) is 13.2 Å². The van der Waals surface area contributed by atoms with Gasteiger partial charge in [-0.2, -0.15) is 13.2 Å². The highest BCUT2D eigenvalue weighted by molar-refractivity contribution is 5.27. The zero-order valence-corrected chi connectivity index (χ0v) is 11.5. The lowest BCUT2D eigenvalue weighted by Crippen LogP contribution is -2.42. The third kappa shape index (κ3) is 3.17.